The van der Waals surface area contributed by atoms with Gasteiger partial charge in [0.05, 0.1) is 0 Å². The third-order valence-electron chi connectivity index (χ3n) is 4.84. The first-order valence-corrected chi connectivity index (χ1v) is 8.93. The van der Waals surface area contributed by atoms with Crippen LogP contribution in [0.1, 0.15) is 28.4 Å². The summed E-state index contributed by atoms with van der Waals surface area (Å²) in [7, 11) is 0. The van der Waals surface area contributed by atoms with Gasteiger partial charge in [0.1, 0.15) is 0 Å². The fraction of sp³-hybridized carbons (Fsp3) is 0.333. The van der Waals surface area contributed by atoms with E-state index < -0.39 is 0 Å². The molecule has 0 radical (unpaired) electrons. The Morgan fingerprint density at radius 1 is 0.923 bits per heavy atom. The summed E-state index contributed by atoms with van der Waals surface area (Å²) < 4.78 is 0. The maximum absolute atomic E-state index is 12.5. The topological polar surface area (TPSA) is 52.7 Å². The molecule has 3 rings (SSSR count). The molecular formula is C21H25N3O2. The average Bonchev–Trinajstić information content (AvgIpc) is 2.62. The first-order chi connectivity index (χ1) is 12.4. The lowest BCUT2D eigenvalue weighted by atomic mass is 10.1. The molecule has 0 bridgehead atoms. The number of carbonyl (C=O) groups excluding carboxylic acids is 2. The van der Waals surface area contributed by atoms with E-state index in [4.69, 9.17) is 0 Å². The summed E-state index contributed by atoms with van der Waals surface area (Å²) in [6, 6.07) is 13.7. The maximum atomic E-state index is 12.5. The number of nitrogens with zero attached hydrogens (tertiary/aromatic N) is 2. The third kappa shape index (κ3) is 4.04. The van der Waals surface area contributed by atoms with Gasteiger partial charge < -0.3 is 15.1 Å². The van der Waals surface area contributed by atoms with Crippen LogP contribution < -0.4 is 10.2 Å². The van der Waals surface area contributed by atoms with Gasteiger partial charge in [0.2, 0.25) is 5.91 Å². The lowest BCUT2D eigenvalue weighted by Gasteiger charge is -2.35. The number of benzene rings is 2. The van der Waals surface area contributed by atoms with Crippen LogP contribution in [-0.2, 0) is 4.79 Å². The highest BCUT2D eigenvalue weighted by atomic mass is 16.2. The number of carbonyl (C=O) groups is 2. The predicted molar refractivity (Wildman–Crippen MR) is 105 cm³/mol. The van der Waals surface area contributed by atoms with Crippen LogP contribution in [0.2, 0.25) is 0 Å². The van der Waals surface area contributed by atoms with Crippen molar-refractivity contribution in [2.45, 2.75) is 20.8 Å². The Balaban J connectivity index is 1.63. The van der Waals surface area contributed by atoms with Crippen molar-refractivity contribution < 1.29 is 9.59 Å². The highest BCUT2D eigenvalue weighted by Crippen LogP contribution is 2.20. The molecule has 1 saturated heterocycles. The summed E-state index contributed by atoms with van der Waals surface area (Å²) >= 11 is 0. The van der Waals surface area contributed by atoms with Gasteiger partial charge in [-0.05, 0) is 49.7 Å². The zero-order valence-electron chi connectivity index (χ0n) is 15.6. The van der Waals surface area contributed by atoms with Crippen molar-refractivity contribution in [2.75, 3.05) is 36.4 Å². The van der Waals surface area contributed by atoms with E-state index in [1.807, 2.05) is 61.2 Å². The van der Waals surface area contributed by atoms with E-state index in [1.54, 1.807) is 6.92 Å². The Bertz CT molecular complexity index is 807. The summed E-state index contributed by atoms with van der Waals surface area (Å²) in [5.41, 5.74) is 4.70. The third-order valence-corrected chi connectivity index (χ3v) is 4.84. The van der Waals surface area contributed by atoms with Gasteiger partial charge in [-0.15, -0.1) is 0 Å². The van der Waals surface area contributed by atoms with Crippen LogP contribution >= 0.6 is 0 Å². The number of amides is 2. The van der Waals surface area contributed by atoms with Gasteiger partial charge in [-0.2, -0.15) is 0 Å². The second-order valence-electron chi connectivity index (χ2n) is 6.81. The molecule has 0 atom stereocenters. The molecule has 1 aliphatic rings. The van der Waals surface area contributed by atoms with Crippen molar-refractivity contribution in [3.8, 4) is 0 Å². The van der Waals surface area contributed by atoms with E-state index in [0.29, 0.717) is 5.56 Å². The lowest BCUT2D eigenvalue weighted by Crippen LogP contribution is -2.48. The van der Waals surface area contributed by atoms with E-state index in [-0.39, 0.29) is 11.8 Å². The molecule has 136 valence electrons. The largest absolute Gasteiger partial charge is 0.368 e. The summed E-state index contributed by atoms with van der Waals surface area (Å²) in [5.74, 6) is 0.0411. The molecule has 2 aromatic rings. The van der Waals surface area contributed by atoms with Gasteiger partial charge >= 0.3 is 0 Å². The number of aryl methyl sites for hydroxylation is 2. The Morgan fingerprint density at radius 3 is 2.15 bits per heavy atom. The van der Waals surface area contributed by atoms with Gasteiger partial charge in [0, 0.05) is 50.0 Å². The summed E-state index contributed by atoms with van der Waals surface area (Å²) in [6.45, 7) is 8.74. The summed E-state index contributed by atoms with van der Waals surface area (Å²) in [6.07, 6.45) is 0. The lowest BCUT2D eigenvalue weighted by molar-refractivity contribution is -0.129. The molecule has 0 aliphatic carbocycles. The first-order valence-electron chi connectivity index (χ1n) is 8.93. The molecule has 5 nitrogen and oxygen atoms in total. The average molecular weight is 351 g/mol. The van der Waals surface area contributed by atoms with Crippen molar-refractivity contribution in [2.24, 2.45) is 0 Å². The quantitative estimate of drug-likeness (QED) is 0.924. The predicted octanol–water partition coefficient (Wildman–Crippen LogP) is 3.22. The standard InChI is InChI=1S/C21H25N3O2/c1-15-4-9-20(16(2)14-15)21(26)22-18-5-7-19(8-6-18)24-12-10-23(11-13-24)17(3)25/h4-9,14H,10-13H2,1-3H3,(H,22,26). The monoisotopic (exact) mass is 351 g/mol. The zero-order chi connectivity index (χ0) is 18.7. The number of hydrogen-bond donors (Lipinski definition) is 1. The molecule has 1 N–H and O–H groups in total. The van der Waals surface area contributed by atoms with E-state index in [2.05, 4.69) is 10.2 Å². The molecule has 2 aromatic carbocycles. The Morgan fingerprint density at radius 2 is 1.58 bits per heavy atom. The van der Waals surface area contributed by atoms with Crippen molar-refractivity contribution in [1.82, 2.24) is 4.90 Å². The SMILES string of the molecule is CC(=O)N1CCN(c2ccc(NC(=O)c3ccc(C)cc3C)cc2)CC1. The van der Waals surface area contributed by atoms with Crippen LogP contribution in [0.4, 0.5) is 11.4 Å². The Labute approximate surface area is 154 Å². The fourth-order valence-corrected chi connectivity index (χ4v) is 3.30. The van der Waals surface area contributed by atoms with Gasteiger partial charge in [-0.25, -0.2) is 0 Å². The Hall–Kier alpha value is -2.82. The van der Waals surface area contributed by atoms with Crippen molar-refractivity contribution in [1.29, 1.82) is 0 Å². The number of anilines is 2. The van der Waals surface area contributed by atoms with E-state index in [0.717, 1.165) is 48.7 Å². The highest BCUT2D eigenvalue weighted by molar-refractivity contribution is 6.05. The van der Waals surface area contributed by atoms with E-state index in [1.165, 1.54) is 0 Å². The van der Waals surface area contributed by atoms with Crippen LogP contribution in [0.3, 0.4) is 0 Å². The molecule has 0 aromatic heterocycles. The zero-order valence-corrected chi connectivity index (χ0v) is 15.6. The van der Waals surface area contributed by atoms with Crippen molar-refractivity contribution >= 4 is 23.2 Å². The second-order valence-corrected chi connectivity index (χ2v) is 6.81. The summed E-state index contributed by atoms with van der Waals surface area (Å²) in [5, 5.41) is 2.96. The first kappa shape index (κ1) is 18.0. The van der Waals surface area contributed by atoms with Crippen LogP contribution in [0, 0.1) is 13.8 Å². The molecule has 26 heavy (non-hydrogen) atoms. The summed E-state index contributed by atoms with van der Waals surface area (Å²) in [4.78, 5) is 28.0. The van der Waals surface area contributed by atoms with E-state index in [9.17, 15) is 9.59 Å². The molecule has 0 unspecified atom stereocenters. The van der Waals surface area contributed by atoms with Crippen LogP contribution in [0.5, 0.6) is 0 Å². The molecule has 1 heterocycles. The highest BCUT2D eigenvalue weighted by Gasteiger charge is 2.18. The normalized spacial score (nSPS) is 14.3. The molecule has 2 amide bonds. The smallest absolute Gasteiger partial charge is 0.255 e. The minimum absolute atomic E-state index is 0.0923. The van der Waals surface area contributed by atoms with Crippen molar-refractivity contribution in [3.05, 3.63) is 59.2 Å². The van der Waals surface area contributed by atoms with E-state index >= 15 is 0 Å². The molecule has 0 saturated carbocycles. The fourth-order valence-electron chi connectivity index (χ4n) is 3.30. The molecule has 0 spiro atoms. The number of piperazine rings is 1. The second kappa shape index (κ2) is 7.60. The van der Waals surface area contributed by atoms with Gasteiger partial charge in [0.15, 0.2) is 0 Å². The van der Waals surface area contributed by atoms with Gasteiger partial charge in [-0.1, -0.05) is 17.7 Å². The number of rotatable bonds is 3. The number of nitrogens with one attached hydrogen (secondary N) is 1. The van der Waals surface area contributed by atoms with Crippen LogP contribution in [0.25, 0.3) is 0 Å². The number of hydrogen-bond acceptors (Lipinski definition) is 3. The molecular weight excluding hydrogens is 326 g/mol. The van der Waals surface area contributed by atoms with Gasteiger partial charge in [-0.3, -0.25) is 9.59 Å². The minimum atomic E-state index is -0.0923. The Kier molecular flexibility index (Phi) is 5.26. The molecule has 5 heteroatoms. The van der Waals surface area contributed by atoms with Gasteiger partial charge in [0.25, 0.3) is 5.91 Å². The van der Waals surface area contributed by atoms with Crippen molar-refractivity contribution in [3.63, 3.8) is 0 Å². The van der Waals surface area contributed by atoms with Crippen LogP contribution in [-0.4, -0.2) is 42.9 Å². The maximum Gasteiger partial charge on any atom is 0.255 e. The minimum Gasteiger partial charge on any atom is -0.368 e. The molecule has 1 fully saturated rings. The van der Waals surface area contributed by atoms with Crippen LogP contribution in [0.15, 0.2) is 42.5 Å². The molecule has 1 aliphatic heterocycles.